The summed E-state index contributed by atoms with van der Waals surface area (Å²) in [7, 11) is 1.85. The largest absolute Gasteiger partial charge is 0.465 e. The maximum atomic E-state index is 13.3. The molecule has 0 amide bonds. The summed E-state index contributed by atoms with van der Waals surface area (Å²) in [5.74, 6) is -0.549. The fourth-order valence-electron chi connectivity index (χ4n) is 2.42. The summed E-state index contributed by atoms with van der Waals surface area (Å²) in [4.78, 5) is 14.1. The molecule has 0 saturated heterocycles. The van der Waals surface area contributed by atoms with Gasteiger partial charge in [-0.2, -0.15) is 0 Å². The number of likely N-dealkylation sites (N-methyl/N-ethyl adjacent to an activating group) is 1. The van der Waals surface area contributed by atoms with Gasteiger partial charge in [0.05, 0.1) is 6.61 Å². The molecule has 2 rings (SSSR count). The lowest BCUT2D eigenvalue weighted by atomic mass is 10.0. The third-order valence-electron chi connectivity index (χ3n) is 3.63. The minimum Gasteiger partial charge on any atom is -0.465 e. The maximum Gasteiger partial charge on any atom is 0.327 e. The van der Waals surface area contributed by atoms with Crippen molar-refractivity contribution in [3.63, 3.8) is 0 Å². The lowest BCUT2D eigenvalue weighted by Crippen LogP contribution is -2.58. The Morgan fingerprint density at radius 3 is 2.81 bits per heavy atom. The number of anilines is 1. The molecule has 0 bridgehead atoms. The topological polar surface area (TPSA) is 41.6 Å². The molecule has 0 aliphatic heterocycles. The van der Waals surface area contributed by atoms with Crippen LogP contribution in [0.5, 0.6) is 0 Å². The van der Waals surface area contributed by atoms with E-state index < -0.39 is 5.54 Å². The highest BCUT2D eigenvalue weighted by Crippen LogP contribution is 2.25. The minimum atomic E-state index is -0.793. The summed E-state index contributed by atoms with van der Waals surface area (Å²) < 4.78 is 18.5. The highest BCUT2D eigenvalue weighted by molar-refractivity contribution is 5.81. The van der Waals surface area contributed by atoms with Crippen LogP contribution in [0.15, 0.2) is 24.3 Å². The highest BCUT2D eigenvalue weighted by atomic mass is 19.1. The Hall–Kier alpha value is -1.62. The van der Waals surface area contributed by atoms with Gasteiger partial charge in [0.2, 0.25) is 0 Å². The number of benzene rings is 1. The summed E-state index contributed by atoms with van der Waals surface area (Å²) in [6, 6.07) is 6.73. The molecule has 1 saturated carbocycles. The van der Waals surface area contributed by atoms with E-state index in [9.17, 15) is 9.18 Å². The van der Waals surface area contributed by atoms with Gasteiger partial charge in [0, 0.05) is 25.3 Å². The number of hydrogen-bond donors (Lipinski definition) is 1. The van der Waals surface area contributed by atoms with Crippen LogP contribution in [0.1, 0.15) is 26.7 Å². The fourth-order valence-corrected chi connectivity index (χ4v) is 2.42. The van der Waals surface area contributed by atoms with Gasteiger partial charge in [-0.3, -0.25) is 5.32 Å². The molecule has 21 heavy (non-hydrogen) atoms. The normalized spacial score (nSPS) is 17.1. The standard InChI is InChI=1S/C16H23FN2O2/c1-4-21-15(20)16(2,18-13-8-9-13)11-19(3)14-7-5-6-12(17)10-14/h5-7,10,13,18H,4,8-9,11H2,1-3H3. The minimum absolute atomic E-state index is 0.264. The van der Waals surface area contributed by atoms with Crippen LogP contribution in [0.25, 0.3) is 0 Å². The van der Waals surface area contributed by atoms with Crippen LogP contribution in [0, 0.1) is 5.82 Å². The van der Waals surface area contributed by atoms with E-state index in [1.807, 2.05) is 24.9 Å². The molecular weight excluding hydrogens is 271 g/mol. The van der Waals surface area contributed by atoms with Gasteiger partial charge in [-0.25, -0.2) is 9.18 Å². The zero-order valence-electron chi connectivity index (χ0n) is 12.9. The van der Waals surface area contributed by atoms with Crippen molar-refractivity contribution in [3.05, 3.63) is 30.1 Å². The van der Waals surface area contributed by atoms with Gasteiger partial charge in [0.25, 0.3) is 0 Å². The second-order valence-electron chi connectivity index (χ2n) is 5.81. The number of carbonyl (C=O) groups excluding carboxylic acids is 1. The van der Waals surface area contributed by atoms with Gasteiger partial charge in [-0.05, 0) is 44.9 Å². The Morgan fingerprint density at radius 2 is 2.24 bits per heavy atom. The molecule has 1 aliphatic rings. The number of halogens is 1. The third-order valence-corrected chi connectivity index (χ3v) is 3.63. The zero-order chi connectivity index (χ0) is 15.5. The van der Waals surface area contributed by atoms with Crippen molar-refractivity contribution in [2.45, 2.75) is 38.3 Å². The van der Waals surface area contributed by atoms with Crippen LogP contribution in [0.4, 0.5) is 10.1 Å². The summed E-state index contributed by atoms with van der Waals surface area (Å²) in [6.45, 7) is 4.42. The van der Waals surface area contributed by atoms with Crippen LogP contribution in [-0.4, -0.2) is 37.7 Å². The van der Waals surface area contributed by atoms with Crippen molar-refractivity contribution in [1.82, 2.24) is 5.32 Å². The quantitative estimate of drug-likeness (QED) is 0.784. The number of carbonyl (C=O) groups is 1. The van der Waals surface area contributed by atoms with Gasteiger partial charge >= 0.3 is 5.97 Å². The van der Waals surface area contributed by atoms with Crippen molar-refractivity contribution < 1.29 is 13.9 Å². The summed E-state index contributed by atoms with van der Waals surface area (Å²) in [5.41, 5.74) is -0.0544. The van der Waals surface area contributed by atoms with Gasteiger partial charge in [-0.15, -0.1) is 0 Å². The van der Waals surface area contributed by atoms with Gasteiger partial charge < -0.3 is 9.64 Å². The molecule has 1 aliphatic carbocycles. The first-order valence-electron chi connectivity index (χ1n) is 7.36. The Kier molecular flexibility index (Phi) is 4.83. The summed E-state index contributed by atoms with van der Waals surface area (Å²) >= 11 is 0. The molecule has 0 heterocycles. The van der Waals surface area contributed by atoms with Crippen molar-refractivity contribution in [2.24, 2.45) is 0 Å². The second-order valence-corrected chi connectivity index (χ2v) is 5.81. The maximum absolute atomic E-state index is 13.3. The predicted octanol–water partition coefficient (Wildman–Crippen LogP) is 2.34. The monoisotopic (exact) mass is 294 g/mol. The molecule has 1 aromatic rings. The van der Waals surface area contributed by atoms with Gasteiger partial charge in [0.1, 0.15) is 11.4 Å². The average molecular weight is 294 g/mol. The van der Waals surface area contributed by atoms with Crippen LogP contribution >= 0.6 is 0 Å². The lowest BCUT2D eigenvalue weighted by Gasteiger charge is -2.33. The Bertz CT molecular complexity index is 505. The number of nitrogens with zero attached hydrogens (tertiary/aromatic N) is 1. The first-order chi connectivity index (χ1) is 9.94. The molecule has 0 aromatic heterocycles. The van der Waals surface area contributed by atoms with E-state index in [1.165, 1.54) is 12.1 Å². The predicted molar refractivity (Wildman–Crippen MR) is 80.9 cm³/mol. The van der Waals surface area contributed by atoms with Crippen LogP contribution in [-0.2, 0) is 9.53 Å². The Balaban J connectivity index is 2.11. The molecule has 116 valence electrons. The highest BCUT2D eigenvalue weighted by Gasteiger charge is 2.40. The van der Waals surface area contributed by atoms with Gasteiger partial charge in [0.15, 0.2) is 0 Å². The Morgan fingerprint density at radius 1 is 1.52 bits per heavy atom. The molecule has 1 unspecified atom stereocenters. The van der Waals surface area contributed by atoms with Crippen LogP contribution < -0.4 is 10.2 Å². The summed E-state index contributed by atoms with van der Waals surface area (Å²) in [6.07, 6.45) is 2.16. The molecule has 0 spiro atoms. The number of rotatable bonds is 7. The van der Waals surface area contributed by atoms with E-state index in [-0.39, 0.29) is 11.8 Å². The first kappa shape index (κ1) is 15.8. The van der Waals surface area contributed by atoms with E-state index in [1.54, 1.807) is 13.0 Å². The van der Waals surface area contributed by atoms with Crippen LogP contribution in [0.2, 0.25) is 0 Å². The molecular formula is C16H23FN2O2. The number of ether oxygens (including phenoxy) is 1. The van der Waals surface area contributed by atoms with Crippen molar-refractivity contribution in [1.29, 1.82) is 0 Å². The van der Waals surface area contributed by atoms with Crippen LogP contribution in [0.3, 0.4) is 0 Å². The van der Waals surface area contributed by atoms with Crippen molar-refractivity contribution >= 4 is 11.7 Å². The van der Waals surface area contributed by atoms with Crippen molar-refractivity contribution in [3.8, 4) is 0 Å². The molecule has 0 radical (unpaired) electrons. The molecule has 1 fully saturated rings. The van der Waals surface area contributed by atoms with E-state index in [0.717, 1.165) is 18.5 Å². The molecule has 1 aromatic carbocycles. The smallest absolute Gasteiger partial charge is 0.327 e. The average Bonchev–Trinajstić information content (AvgIpc) is 3.22. The van der Waals surface area contributed by atoms with E-state index in [0.29, 0.717) is 19.2 Å². The zero-order valence-corrected chi connectivity index (χ0v) is 12.9. The van der Waals surface area contributed by atoms with Crippen molar-refractivity contribution in [2.75, 3.05) is 25.1 Å². The number of esters is 1. The van der Waals surface area contributed by atoms with E-state index in [4.69, 9.17) is 4.74 Å². The van der Waals surface area contributed by atoms with E-state index in [2.05, 4.69) is 5.32 Å². The molecule has 4 nitrogen and oxygen atoms in total. The summed E-state index contributed by atoms with van der Waals surface area (Å²) in [5, 5.41) is 3.36. The number of hydrogen-bond acceptors (Lipinski definition) is 4. The Labute approximate surface area is 125 Å². The first-order valence-corrected chi connectivity index (χ1v) is 7.36. The number of nitrogens with one attached hydrogen (secondary N) is 1. The lowest BCUT2D eigenvalue weighted by molar-refractivity contribution is -0.150. The second kappa shape index (κ2) is 6.43. The van der Waals surface area contributed by atoms with Gasteiger partial charge in [-0.1, -0.05) is 6.07 Å². The van der Waals surface area contributed by atoms with E-state index >= 15 is 0 Å². The molecule has 1 atom stereocenters. The molecule has 5 heteroatoms. The SMILES string of the molecule is CCOC(=O)C(C)(CN(C)c1cccc(F)c1)NC1CC1. The fraction of sp³-hybridized carbons (Fsp3) is 0.562. The third kappa shape index (κ3) is 4.17. The molecule has 1 N–H and O–H groups in total.